The Bertz CT molecular complexity index is 957. The van der Waals surface area contributed by atoms with Crippen LogP contribution in [-0.2, 0) is 14.3 Å². The third kappa shape index (κ3) is 41.5. The smallest absolute Gasteiger partial charge is 0.305 e. The molecule has 0 aromatic heterocycles. The van der Waals surface area contributed by atoms with E-state index in [4.69, 9.17) is 4.74 Å². The molecule has 0 aliphatic heterocycles. The van der Waals surface area contributed by atoms with Gasteiger partial charge in [0.05, 0.1) is 25.4 Å². The van der Waals surface area contributed by atoms with Crippen LogP contribution in [0.3, 0.4) is 0 Å². The van der Waals surface area contributed by atoms with E-state index in [0.717, 1.165) is 83.5 Å². The van der Waals surface area contributed by atoms with Crippen LogP contribution in [0.4, 0.5) is 0 Å². The van der Waals surface area contributed by atoms with Crippen molar-refractivity contribution in [3.8, 4) is 0 Å². The number of allylic oxidation sites excluding steroid dienone is 7. The Morgan fingerprint density at radius 2 is 0.911 bits per heavy atom. The molecule has 6 nitrogen and oxygen atoms in total. The molecule has 326 valence electrons. The highest BCUT2D eigenvalue weighted by Crippen LogP contribution is 2.14. The molecule has 0 spiro atoms. The summed E-state index contributed by atoms with van der Waals surface area (Å²) in [4.78, 5) is 24.4. The maximum Gasteiger partial charge on any atom is 0.305 e. The molecule has 0 saturated heterocycles. The van der Waals surface area contributed by atoms with Crippen LogP contribution in [0.25, 0.3) is 0 Å². The van der Waals surface area contributed by atoms with Crippen LogP contribution >= 0.6 is 0 Å². The summed E-state index contributed by atoms with van der Waals surface area (Å²) in [5.74, 6) is -0.185. The highest BCUT2D eigenvalue weighted by Gasteiger charge is 2.17. The van der Waals surface area contributed by atoms with E-state index in [1.54, 1.807) is 6.08 Å². The van der Waals surface area contributed by atoms with E-state index in [0.29, 0.717) is 19.4 Å². The van der Waals surface area contributed by atoms with Crippen molar-refractivity contribution in [2.75, 3.05) is 13.2 Å². The predicted molar refractivity (Wildman–Crippen MR) is 241 cm³/mol. The topological polar surface area (TPSA) is 95.9 Å². The molecular formula is C50H91NO5. The second kappa shape index (κ2) is 45.5. The molecule has 2 unspecified atom stereocenters. The minimum atomic E-state index is -0.876. The summed E-state index contributed by atoms with van der Waals surface area (Å²) in [6.07, 6.45) is 55.3. The molecular weight excluding hydrogens is 695 g/mol. The predicted octanol–water partition coefficient (Wildman–Crippen LogP) is 13.9. The van der Waals surface area contributed by atoms with Crippen LogP contribution in [0.2, 0.25) is 0 Å². The first kappa shape index (κ1) is 53.8. The summed E-state index contributed by atoms with van der Waals surface area (Å²) in [5.41, 5.74) is 0. The van der Waals surface area contributed by atoms with Gasteiger partial charge >= 0.3 is 5.97 Å². The summed E-state index contributed by atoms with van der Waals surface area (Å²) in [5, 5.41) is 23.0. The van der Waals surface area contributed by atoms with Crippen molar-refractivity contribution < 1.29 is 24.5 Å². The molecule has 3 N–H and O–H groups in total. The van der Waals surface area contributed by atoms with Gasteiger partial charge in [0.25, 0.3) is 0 Å². The third-order valence-electron chi connectivity index (χ3n) is 10.6. The van der Waals surface area contributed by atoms with Gasteiger partial charge in [0, 0.05) is 12.8 Å². The van der Waals surface area contributed by atoms with Gasteiger partial charge in [-0.25, -0.2) is 0 Å². The third-order valence-corrected chi connectivity index (χ3v) is 10.6. The number of carbonyl (C=O) groups excluding carboxylic acids is 2. The van der Waals surface area contributed by atoms with Gasteiger partial charge < -0.3 is 20.3 Å². The largest absolute Gasteiger partial charge is 0.466 e. The number of hydrogen-bond donors (Lipinski definition) is 3. The molecule has 0 radical (unpaired) electrons. The number of aliphatic hydroxyl groups excluding tert-OH is 2. The molecule has 0 aromatic rings. The van der Waals surface area contributed by atoms with Crippen LogP contribution < -0.4 is 5.32 Å². The van der Waals surface area contributed by atoms with E-state index in [9.17, 15) is 19.8 Å². The highest BCUT2D eigenvalue weighted by molar-refractivity contribution is 5.76. The van der Waals surface area contributed by atoms with E-state index in [-0.39, 0.29) is 18.5 Å². The zero-order valence-electron chi connectivity index (χ0n) is 36.8. The van der Waals surface area contributed by atoms with Crippen molar-refractivity contribution in [3.63, 3.8) is 0 Å². The minimum absolute atomic E-state index is 0.0531. The molecule has 0 aromatic carbocycles. The van der Waals surface area contributed by atoms with Gasteiger partial charge in [-0.05, 0) is 83.5 Å². The van der Waals surface area contributed by atoms with E-state index in [2.05, 4.69) is 55.6 Å². The Morgan fingerprint density at radius 3 is 1.45 bits per heavy atom. The average Bonchev–Trinajstić information content (AvgIpc) is 3.20. The highest BCUT2D eigenvalue weighted by atomic mass is 16.5. The van der Waals surface area contributed by atoms with E-state index >= 15 is 0 Å². The fourth-order valence-electron chi connectivity index (χ4n) is 6.84. The number of aliphatic hydroxyl groups is 2. The first-order valence-electron chi connectivity index (χ1n) is 23.9. The minimum Gasteiger partial charge on any atom is -0.466 e. The number of ether oxygens (including phenoxy) is 1. The van der Waals surface area contributed by atoms with Crippen molar-refractivity contribution >= 4 is 11.9 Å². The lowest BCUT2D eigenvalue weighted by molar-refractivity contribution is -0.143. The normalized spacial score (nSPS) is 13.1. The maximum absolute atomic E-state index is 12.4. The van der Waals surface area contributed by atoms with E-state index < -0.39 is 12.1 Å². The molecule has 1 amide bonds. The summed E-state index contributed by atoms with van der Waals surface area (Å²) in [6, 6.07) is -0.667. The Kier molecular flexibility index (Phi) is 43.7. The fraction of sp³-hybridized carbons (Fsp3) is 0.800. The second-order valence-corrected chi connectivity index (χ2v) is 16.1. The van der Waals surface area contributed by atoms with Crippen LogP contribution in [0.1, 0.15) is 232 Å². The molecule has 0 saturated carbocycles. The van der Waals surface area contributed by atoms with Crippen molar-refractivity contribution in [1.82, 2.24) is 5.32 Å². The number of amides is 1. The van der Waals surface area contributed by atoms with Gasteiger partial charge in [-0.15, -0.1) is 0 Å². The van der Waals surface area contributed by atoms with Gasteiger partial charge in [-0.1, -0.05) is 184 Å². The first-order chi connectivity index (χ1) is 27.5. The molecule has 0 fully saturated rings. The number of nitrogens with one attached hydrogen (secondary N) is 1. The SMILES string of the molecule is CCCCC/C=C\C/C=C\CCCCCCCC(=O)OCCCCCC/C=C\CCCC(=O)NC(CO)C(O)/C=C/CCCCCCCCCCCCCCC. The summed E-state index contributed by atoms with van der Waals surface area (Å²) < 4.78 is 5.42. The summed E-state index contributed by atoms with van der Waals surface area (Å²) in [7, 11) is 0. The zero-order valence-corrected chi connectivity index (χ0v) is 36.8. The standard InChI is InChI=1S/C50H91NO5/c1-3-5-7-9-11-13-15-17-19-21-23-26-30-34-38-42-48(53)47(46-52)51-49(54)43-39-35-31-27-25-29-33-37-41-45-56-50(55)44-40-36-32-28-24-22-20-18-16-14-12-10-8-6-4-2/h12,14,18,20,27,31,38,42,47-48,52-53H,3-11,13,15-17,19,21-26,28-30,32-37,39-41,43-46H2,1-2H3,(H,51,54)/b14-12-,20-18-,31-27-,42-38+. The summed E-state index contributed by atoms with van der Waals surface area (Å²) >= 11 is 0. The monoisotopic (exact) mass is 786 g/mol. The zero-order chi connectivity index (χ0) is 40.8. The quantitative estimate of drug-likeness (QED) is 0.0325. The van der Waals surface area contributed by atoms with Crippen LogP contribution in [0.5, 0.6) is 0 Å². The fourth-order valence-corrected chi connectivity index (χ4v) is 6.84. The molecule has 2 atom stereocenters. The second-order valence-electron chi connectivity index (χ2n) is 16.1. The van der Waals surface area contributed by atoms with Crippen molar-refractivity contribution in [3.05, 3.63) is 48.6 Å². The van der Waals surface area contributed by atoms with Crippen molar-refractivity contribution in [1.29, 1.82) is 0 Å². The van der Waals surface area contributed by atoms with Gasteiger partial charge in [0.1, 0.15) is 0 Å². The van der Waals surface area contributed by atoms with Crippen LogP contribution in [0, 0.1) is 0 Å². The van der Waals surface area contributed by atoms with Gasteiger partial charge in [0.15, 0.2) is 0 Å². The van der Waals surface area contributed by atoms with Crippen molar-refractivity contribution in [2.24, 2.45) is 0 Å². The van der Waals surface area contributed by atoms with E-state index in [1.807, 2.05) is 6.08 Å². The number of carbonyl (C=O) groups is 2. The Morgan fingerprint density at radius 1 is 0.500 bits per heavy atom. The Hall–Kier alpha value is -2.18. The lowest BCUT2D eigenvalue weighted by atomic mass is 10.0. The number of rotatable bonds is 43. The maximum atomic E-state index is 12.4. The molecule has 6 heteroatoms. The Balaban J connectivity index is 3.62. The van der Waals surface area contributed by atoms with Crippen LogP contribution in [-0.4, -0.2) is 47.4 Å². The number of unbranched alkanes of at least 4 members (excludes halogenated alkanes) is 26. The van der Waals surface area contributed by atoms with Gasteiger partial charge in [-0.2, -0.15) is 0 Å². The van der Waals surface area contributed by atoms with Crippen LogP contribution in [0.15, 0.2) is 48.6 Å². The van der Waals surface area contributed by atoms with Gasteiger partial charge in [0.2, 0.25) is 5.91 Å². The lowest BCUT2D eigenvalue weighted by Crippen LogP contribution is -2.45. The van der Waals surface area contributed by atoms with Crippen molar-refractivity contribution in [2.45, 2.75) is 244 Å². The Labute approximate surface area is 346 Å². The molecule has 0 heterocycles. The van der Waals surface area contributed by atoms with E-state index in [1.165, 1.54) is 122 Å². The average molecular weight is 786 g/mol. The number of esters is 1. The first-order valence-corrected chi connectivity index (χ1v) is 23.9. The summed E-state index contributed by atoms with van der Waals surface area (Å²) in [6.45, 7) is 4.76. The molecule has 56 heavy (non-hydrogen) atoms. The number of hydrogen-bond acceptors (Lipinski definition) is 5. The molecule has 0 aliphatic carbocycles. The van der Waals surface area contributed by atoms with Gasteiger partial charge in [-0.3, -0.25) is 9.59 Å². The lowest BCUT2D eigenvalue weighted by Gasteiger charge is -2.19. The molecule has 0 bridgehead atoms. The molecule has 0 aliphatic rings. The molecule has 0 rings (SSSR count).